The Morgan fingerprint density at radius 1 is 1.32 bits per heavy atom. The third-order valence-electron chi connectivity index (χ3n) is 2.85. The number of rotatable bonds is 7. The van der Waals surface area contributed by atoms with E-state index < -0.39 is 12.8 Å². The monoisotopic (exact) mass is 275 g/mol. The van der Waals surface area contributed by atoms with Gasteiger partial charge >= 0.3 is 6.18 Å². The molecule has 0 aromatic heterocycles. The predicted molar refractivity (Wildman–Crippen MR) is 69.2 cm³/mol. The van der Waals surface area contributed by atoms with Crippen LogP contribution in [0.1, 0.15) is 17.5 Å². The second kappa shape index (κ2) is 7.50. The SMILES string of the molecule is CNC(CCOCC(F)(F)F)Cc1cccc(C)c1. The lowest BCUT2D eigenvalue weighted by Crippen LogP contribution is -2.29. The number of hydrogen-bond acceptors (Lipinski definition) is 2. The normalized spacial score (nSPS) is 13.5. The molecular formula is C14H20F3NO. The van der Waals surface area contributed by atoms with Crippen LogP contribution in [0.15, 0.2) is 24.3 Å². The zero-order chi connectivity index (χ0) is 14.3. The molecule has 1 N–H and O–H groups in total. The zero-order valence-electron chi connectivity index (χ0n) is 11.3. The third-order valence-corrected chi connectivity index (χ3v) is 2.85. The van der Waals surface area contributed by atoms with Gasteiger partial charge in [0.1, 0.15) is 6.61 Å². The quantitative estimate of drug-likeness (QED) is 0.772. The number of aryl methyl sites for hydroxylation is 1. The van der Waals surface area contributed by atoms with E-state index in [2.05, 4.69) is 16.1 Å². The molecule has 5 heteroatoms. The zero-order valence-corrected chi connectivity index (χ0v) is 11.3. The van der Waals surface area contributed by atoms with Crippen molar-refractivity contribution in [2.45, 2.75) is 32.0 Å². The molecule has 0 heterocycles. The van der Waals surface area contributed by atoms with Gasteiger partial charge in [-0.1, -0.05) is 29.8 Å². The molecule has 0 aliphatic rings. The first-order chi connectivity index (χ1) is 8.90. The Balaban J connectivity index is 2.34. The van der Waals surface area contributed by atoms with Crippen molar-refractivity contribution in [3.63, 3.8) is 0 Å². The number of benzene rings is 1. The van der Waals surface area contributed by atoms with Crippen LogP contribution >= 0.6 is 0 Å². The summed E-state index contributed by atoms with van der Waals surface area (Å²) >= 11 is 0. The van der Waals surface area contributed by atoms with Gasteiger partial charge in [0, 0.05) is 12.6 Å². The van der Waals surface area contributed by atoms with Gasteiger partial charge in [0.25, 0.3) is 0 Å². The summed E-state index contributed by atoms with van der Waals surface area (Å²) in [6, 6.07) is 8.23. The summed E-state index contributed by atoms with van der Waals surface area (Å²) in [4.78, 5) is 0. The number of ether oxygens (including phenoxy) is 1. The summed E-state index contributed by atoms with van der Waals surface area (Å²) in [6.07, 6.45) is -2.90. The van der Waals surface area contributed by atoms with Gasteiger partial charge in [0.05, 0.1) is 0 Å². The first-order valence-corrected chi connectivity index (χ1v) is 6.28. The Morgan fingerprint density at radius 3 is 2.63 bits per heavy atom. The number of halogens is 3. The van der Waals surface area contributed by atoms with Crippen molar-refractivity contribution in [2.75, 3.05) is 20.3 Å². The van der Waals surface area contributed by atoms with Gasteiger partial charge in [-0.15, -0.1) is 0 Å². The van der Waals surface area contributed by atoms with Crippen LogP contribution in [0.4, 0.5) is 13.2 Å². The Labute approximate surface area is 112 Å². The molecule has 0 aliphatic carbocycles. The van der Waals surface area contributed by atoms with E-state index in [9.17, 15) is 13.2 Å². The molecule has 0 radical (unpaired) electrons. The van der Waals surface area contributed by atoms with Crippen molar-refractivity contribution < 1.29 is 17.9 Å². The molecule has 108 valence electrons. The maximum absolute atomic E-state index is 11.9. The molecule has 0 spiro atoms. The Morgan fingerprint density at radius 2 is 2.05 bits per heavy atom. The number of nitrogens with one attached hydrogen (secondary N) is 1. The molecule has 2 nitrogen and oxygen atoms in total. The Bertz CT molecular complexity index is 379. The topological polar surface area (TPSA) is 21.3 Å². The first kappa shape index (κ1) is 16.0. The second-order valence-corrected chi connectivity index (χ2v) is 4.64. The van der Waals surface area contributed by atoms with Crippen molar-refractivity contribution in [3.05, 3.63) is 35.4 Å². The highest BCUT2D eigenvalue weighted by molar-refractivity contribution is 5.22. The van der Waals surface area contributed by atoms with Gasteiger partial charge in [-0.05, 0) is 32.4 Å². The summed E-state index contributed by atoms with van der Waals surface area (Å²) < 4.78 is 40.4. The fourth-order valence-corrected chi connectivity index (χ4v) is 1.89. The largest absolute Gasteiger partial charge is 0.411 e. The molecule has 0 bridgehead atoms. The van der Waals surface area contributed by atoms with E-state index in [1.807, 2.05) is 32.2 Å². The maximum Gasteiger partial charge on any atom is 0.411 e. The summed E-state index contributed by atoms with van der Waals surface area (Å²) in [5.41, 5.74) is 2.36. The average Bonchev–Trinajstić information content (AvgIpc) is 2.32. The fourth-order valence-electron chi connectivity index (χ4n) is 1.89. The molecule has 1 aromatic carbocycles. The van der Waals surface area contributed by atoms with Gasteiger partial charge in [-0.25, -0.2) is 0 Å². The average molecular weight is 275 g/mol. The highest BCUT2D eigenvalue weighted by Crippen LogP contribution is 2.15. The highest BCUT2D eigenvalue weighted by Gasteiger charge is 2.27. The Kier molecular flexibility index (Phi) is 6.31. The summed E-state index contributed by atoms with van der Waals surface area (Å²) in [7, 11) is 1.81. The lowest BCUT2D eigenvalue weighted by Gasteiger charge is -2.17. The molecule has 1 unspecified atom stereocenters. The highest BCUT2D eigenvalue weighted by atomic mass is 19.4. The van der Waals surface area contributed by atoms with E-state index in [4.69, 9.17) is 0 Å². The van der Waals surface area contributed by atoms with Crippen molar-refractivity contribution in [2.24, 2.45) is 0 Å². The van der Waals surface area contributed by atoms with E-state index in [1.165, 1.54) is 11.1 Å². The molecule has 0 amide bonds. The van der Waals surface area contributed by atoms with Crippen molar-refractivity contribution in [3.8, 4) is 0 Å². The fraction of sp³-hybridized carbons (Fsp3) is 0.571. The smallest absolute Gasteiger partial charge is 0.372 e. The van der Waals surface area contributed by atoms with Gasteiger partial charge in [-0.2, -0.15) is 13.2 Å². The molecule has 0 saturated heterocycles. The second-order valence-electron chi connectivity index (χ2n) is 4.64. The predicted octanol–water partition coefficient (Wildman–Crippen LogP) is 3.09. The summed E-state index contributed by atoms with van der Waals surface area (Å²) in [6.45, 7) is 0.953. The molecule has 1 aromatic rings. The van der Waals surface area contributed by atoms with E-state index in [1.54, 1.807) is 0 Å². The number of hydrogen-bond donors (Lipinski definition) is 1. The van der Waals surface area contributed by atoms with Crippen LogP contribution < -0.4 is 5.32 Å². The van der Waals surface area contributed by atoms with Crippen LogP contribution in [0.5, 0.6) is 0 Å². The lowest BCUT2D eigenvalue weighted by atomic mass is 10.0. The molecule has 0 saturated carbocycles. The summed E-state index contributed by atoms with van der Waals surface area (Å²) in [5, 5.41) is 3.11. The first-order valence-electron chi connectivity index (χ1n) is 6.28. The minimum absolute atomic E-state index is 0.108. The summed E-state index contributed by atoms with van der Waals surface area (Å²) in [5.74, 6) is 0. The molecular weight excluding hydrogens is 255 g/mol. The van der Waals surface area contributed by atoms with Crippen LogP contribution in [0.2, 0.25) is 0 Å². The third kappa shape index (κ3) is 7.18. The Hall–Kier alpha value is -1.07. The van der Waals surface area contributed by atoms with E-state index in [0.717, 1.165) is 6.42 Å². The van der Waals surface area contributed by atoms with Crippen LogP contribution in [-0.4, -0.2) is 32.5 Å². The van der Waals surface area contributed by atoms with Gasteiger partial charge < -0.3 is 10.1 Å². The van der Waals surface area contributed by atoms with Crippen LogP contribution in [-0.2, 0) is 11.2 Å². The minimum Gasteiger partial charge on any atom is -0.372 e. The molecule has 1 rings (SSSR count). The maximum atomic E-state index is 11.9. The van der Waals surface area contributed by atoms with E-state index >= 15 is 0 Å². The molecule has 19 heavy (non-hydrogen) atoms. The van der Waals surface area contributed by atoms with Crippen molar-refractivity contribution in [1.82, 2.24) is 5.32 Å². The van der Waals surface area contributed by atoms with Crippen molar-refractivity contribution >= 4 is 0 Å². The minimum atomic E-state index is -4.24. The van der Waals surface area contributed by atoms with E-state index in [0.29, 0.717) is 6.42 Å². The van der Waals surface area contributed by atoms with E-state index in [-0.39, 0.29) is 12.6 Å². The van der Waals surface area contributed by atoms with Gasteiger partial charge in [0.2, 0.25) is 0 Å². The molecule has 0 fully saturated rings. The van der Waals surface area contributed by atoms with Crippen molar-refractivity contribution in [1.29, 1.82) is 0 Å². The van der Waals surface area contributed by atoms with Gasteiger partial charge in [-0.3, -0.25) is 0 Å². The van der Waals surface area contributed by atoms with Gasteiger partial charge in [0.15, 0.2) is 0 Å². The van der Waals surface area contributed by atoms with Crippen LogP contribution in [0, 0.1) is 6.92 Å². The van der Waals surface area contributed by atoms with Crippen LogP contribution in [0.3, 0.4) is 0 Å². The standard InChI is InChI=1S/C14H20F3NO/c1-11-4-3-5-12(8-11)9-13(18-2)6-7-19-10-14(15,16)17/h3-5,8,13,18H,6-7,9-10H2,1-2H3. The molecule has 1 atom stereocenters. The lowest BCUT2D eigenvalue weighted by molar-refractivity contribution is -0.174. The number of likely N-dealkylation sites (N-methyl/N-ethyl adjacent to an activating group) is 1. The molecule has 0 aliphatic heterocycles. The number of alkyl halides is 3. The van der Waals surface area contributed by atoms with Crippen LogP contribution in [0.25, 0.3) is 0 Å².